The summed E-state index contributed by atoms with van der Waals surface area (Å²) in [4.78, 5) is 27.6. The number of ether oxygens (including phenoxy) is 2. The van der Waals surface area contributed by atoms with Crippen molar-refractivity contribution in [3.63, 3.8) is 0 Å². The molecule has 2 aliphatic rings. The van der Waals surface area contributed by atoms with Crippen molar-refractivity contribution in [3.8, 4) is 28.0 Å². The second-order valence-corrected chi connectivity index (χ2v) is 12.4. The highest BCUT2D eigenvalue weighted by Crippen LogP contribution is 2.40. The number of benzene rings is 2. The summed E-state index contributed by atoms with van der Waals surface area (Å²) in [6.07, 6.45) is 0.835. The molecule has 14 heteroatoms. The number of fused-ring (bicyclic) bond motifs is 2. The van der Waals surface area contributed by atoms with Crippen molar-refractivity contribution in [3.05, 3.63) is 60.1 Å². The first-order valence-electron chi connectivity index (χ1n) is 14.7. The van der Waals surface area contributed by atoms with Crippen LogP contribution in [-0.4, -0.2) is 76.1 Å². The van der Waals surface area contributed by atoms with Crippen molar-refractivity contribution < 1.29 is 45.4 Å². The molecule has 2 amide bonds. The Hall–Kier alpha value is -4.62. The van der Waals surface area contributed by atoms with E-state index in [-0.39, 0.29) is 30.7 Å². The number of carbonyl (C=O) groups is 2. The largest absolute Gasteiger partial charge is 0.464 e. The van der Waals surface area contributed by atoms with E-state index in [1.165, 1.54) is 12.3 Å². The maximum Gasteiger partial charge on any atom is 0.410 e. The molecule has 46 heavy (non-hydrogen) atoms. The maximum absolute atomic E-state index is 13.4. The number of likely N-dealkylation sites (tertiary alicyclic amines) is 1. The number of nitrogens with zero attached hydrogens (tertiary/aromatic N) is 4. The van der Waals surface area contributed by atoms with Gasteiger partial charge in [0.25, 0.3) is 5.91 Å². The molecule has 0 saturated carbocycles. The van der Waals surface area contributed by atoms with Gasteiger partial charge in [-0.3, -0.25) is 9.48 Å². The molecule has 6 rings (SSSR count). The van der Waals surface area contributed by atoms with E-state index < -0.39 is 36.6 Å². The number of carbonyl (C=O) groups excluding carboxylic acids is 2. The monoisotopic (exact) mass is 646 g/mol. The van der Waals surface area contributed by atoms with Crippen LogP contribution in [-0.2, 0) is 11.2 Å². The molecular formula is C32H31F5N4O5. The van der Waals surface area contributed by atoms with Crippen molar-refractivity contribution in [1.82, 2.24) is 19.6 Å². The van der Waals surface area contributed by atoms with Gasteiger partial charge in [-0.2, -0.15) is 27.1 Å². The number of alkyl halides is 5. The number of hydrogen-bond acceptors (Lipinski definition) is 6. The average Bonchev–Trinajstić information content (AvgIpc) is 3.71. The molecule has 2 aromatic carbocycles. The van der Waals surface area contributed by atoms with Crippen LogP contribution in [0.2, 0.25) is 0 Å². The molecule has 0 radical (unpaired) electrons. The molecule has 1 saturated heterocycles. The molecule has 4 heterocycles. The summed E-state index contributed by atoms with van der Waals surface area (Å²) in [5.74, 6) is -1.51. The minimum Gasteiger partial charge on any atom is -0.464 e. The molecule has 1 fully saturated rings. The second-order valence-electron chi connectivity index (χ2n) is 12.4. The Balaban J connectivity index is 1.25. The van der Waals surface area contributed by atoms with Crippen molar-refractivity contribution in [2.24, 2.45) is 0 Å². The van der Waals surface area contributed by atoms with Crippen LogP contribution in [0.25, 0.3) is 33.2 Å². The lowest BCUT2D eigenvalue weighted by Crippen LogP contribution is -2.43. The molecule has 0 aliphatic carbocycles. The molecule has 0 bridgehead atoms. The zero-order valence-corrected chi connectivity index (χ0v) is 25.2. The summed E-state index contributed by atoms with van der Waals surface area (Å²) >= 11 is 0. The highest BCUT2D eigenvalue weighted by atomic mass is 19.4. The van der Waals surface area contributed by atoms with E-state index in [9.17, 15) is 31.5 Å². The van der Waals surface area contributed by atoms with Crippen molar-refractivity contribution in [2.75, 3.05) is 26.2 Å². The van der Waals surface area contributed by atoms with Gasteiger partial charge in [0.05, 0.1) is 24.1 Å². The Morgan fingerprint density at radius 3 is 2.59 bits per heavy atom. The van der Waals surface area contributed by atoms with Crippen LogP contribution >= 0.6 is 0 Å². The topological polar surface area (TPSA) is 90.0 Å². The summed E-state index contributed by atoms with van der Waals surface area (Å²) in [7, 11) is 0. The predicted molar refractivity (Wildman–Crippen MR) is 157 cm³/mol. The smallest absolute Gasteiger partial charge is 0.410 e. The number of furan rings is 1. The SMILES string of the molecule is CC(C)(C)OC(=O)N1CCC(n2cc(-c3ccc4c(-c5cc6c(c(OC(F)F)c5)C(=O)N(CC(F)(F)F)CC6)coc4c3)cn2)C1. The van der Waals surface area contributed by atoms with Crippen molar-refractivity contribution in [1.29, 1.82) is 0 Å². The summed E-state index contributed by atoms with van der Waals surface area (Å²) < 4.78 is 83.5. The van der Waals surface area contributed by atoms with Gasteiger partial charge in [-0.15, -0.1) is 0 Å². The summed E-state index contributed by atoms with van der Waals surface area (Å²) in [5, 5.41) is 5.18. The van der Waals surface area contributed by atoms with Crippen LogP contribution in [0.4, 0.5) is 26.7 Å². The average molecular weight is 647 g/mol. The lowest BCUT2D eigenvalue weighted by molar-refractivity contribution is -0.141. The van der Waals surface area contributed by atoms with E-state index in [0.717, 1.165) is 17.5 Å². The Kier molecular flexibility index (Phi) is 7.93. The fourth-order valence-corrected chi connectivity index (χ4v) is 5.91. The lowest BCUT2D eigenvalue weighted by atomic mass is 9.92. The number of amides is 2. The predicted octanol–water partition coefficient (Wildman–Crippen LogP) is 7.31. The van der Waals surface area contributed by atoms with Gasteiger partial charge in [-0.1, -0.05) is 6.07 Å². The molecular weight excluding hydrogens is 615 g/mol. The van der Waals surface area contributed by atoms with Gasteiger partial charge in [-0.05, 0) is 74.6 Å². The van der Waals surface area contributed by atoms with E-state index in [4.69, 9.17) is 9.15 Å². The number of hydrogen-bond donors (Lipinski definition) is 0. The highest BCUT2D eigenvalue weighted by molar-refractivity contribution is 6.02. The Labute approximate surface area is 260 Å². The first-order valence-corrected chi connectivity index (χ1v) is 14.7. The number of halogens is 5. The Bertz CT molecular complexity index is 1790. The van der Waals surface area contributed by atoms with Gasteiger partial charge in [-0.25, -0.2) is 4.79 Å². The van der Waals surface area contributed by atoms with Crippen LogP contribution < -0.4 is 4.74 Å². The van der Waals surface area contributed by atoms with Gasteiger partial charge < -0.3 is 23.7 Å². The minimum absolute atomic E-state index is 0.0127. The molecule has 1 atom stereocenters. The maximum atomic E-state index is 13.4. The van der Waals surface area contributed by atoms with Gasteiger partial charge in [0.1, 0.15) is 23.5 Å². The number of aromatic nitrogens is 2. The van der Waals surface area contributed by atoms with Crippen LogP contribution in [0.15, 0.2) is 53.4 Å². The normalized spacial score (nSPS) is 17.2. The minimum atomic E-state index is -4.64. The van der Waals surface area contributed by atoms with Gasteiger partial charge >= 0.3 is 18.9 Å². The number of rotatable bonds is 6. The van der Waals surface area contributed by atoms with Crippen LogP contribution in [0.1, 0.15) is 49.2 Å². The summed E-state index contributed by atoms with van der Waals surface area (Å²) in [5.41, 5.74) is 2.51. The van der Waals surface area contributed by atoms with E-state index in [0.29, 0.717) is 45.6 Å². The third-order valence-corrected chi connectivity index (χ3v) is 7.93. The lowest BCUT2D eigenvalue weighted by Gasteiger charge is -2.30. The quantitative estimate of drug-likeness (QED) is 0.204. The molecule has 1 unspecified atom stereocenters. The molecule has 0 N–H and O–H groups in total. The van der Waals surface area contributed by atoms with Gasteiger partial charge in [0, 0.05) is 42.3 Å². The van der Waals surface area contributed by atoms with Gasteiger partial charge in [0.15, 0.2) is 0 Å². The van der Waals surface area contributed by atoms with E-state index >= 15 is 0 Å². The summed E-state index contributed by atoms with van der Waals surface area (Å²) in [6.45, 7) is 1.50. The van der Waals surface area contributed by atoms with E-state index in [1.54, 1.807) is 17.2 Å². The molecule has 244 valence electrons. The molecule has 4 aromatic rings. The molecule has 0 spiro atoms. The van der Waals surface area contributed by atoms with Crippen LogP contribution in [0.3, 0.4) is 0 Å². The van der Waals surface area contributed by atoms with E-state index in [1.807, 2.05) is 49.8 Å². The molecule has 2 aliphatic heterocycles. The molecule has 9 nitrogen and oxygen atoms in total. The first kappa shape index (κ1) is 31.4. The van der Waals surface area contributed by atoms with Crippen LogP contribution in [0.5, 0.6) is 5.75 Å². The Morgan fingerprint density at radius 2 is 1.87 bits per heavy atom. The van der Waals surface area contributed by atoms with Crippen molar-refractivity contribution in [2.45, 2.75) is 58.0 Å². The molecule has 2 aromatic heterocycles. The Morgan fingerprint density at radius 1 is 1.09 bits per heavy atom. The fraction of sp³-hybridized carbons (Fsp3) is 0.406. The zero-order valence-electron chi connectivity index (χ0n) is 25.2. The summed E-state index contributed by atoms with van der Waals surface area (Å²) in [6, 6.07) is 8.30. The first-order chi connectivity index (χ1) is 21.6. The third-order valence-electron chi connectivity index (χ3n) is 7.93. The van der Waals surface area contributed by atoms with Crippen molar-refractivity contribution >= 4 is 23.0 Å². The zero-order chi connectivity index (χ0) is 33.0. The third kappa shape index (κ3) is 6.51. The fourth-order valence-electron chi connectivity index (χ4n) is 5.91. The standard InChI is InChI=1S/C32H31F5N4O5/c1-31(2,3)46-30(43)39-9-7-22(15-39)41-14-21(13-38-41)18-4-5-23-24(16-44-25(23)11-18)20-10-19-6-8-40(17-32(35,36)37)28(42)27(19)26(12-20)45-29(33)34/h4-5,10-14,16,22,29H,6-9,15,17H2,1-3H3. The van der Waals surface area contributed by atoms with E-state index in [2.05, 4.69) is 9.84 Å². The highest BCUT2D eigenvalue weighted by Gasteiger charge is 2.38. The second kappa shape index (κ2) is 11.6. The van der Waals surface area contributed by atoms with Crippen LogP contribution in [0, 0.1) is 0 Å². The van der Waals surface area contributed by atoms with Gasteiger partial charge in [0.2, 0.25) is 0 Å².